The molecule has 2 heterocycles. The van der Waals surface area contributed by atoms with Crippen molar-refractivity contribution in [3.8, 4) is 0 Å². The molecule has 0 spiro atoms. The van der Waals surface area contributed by atoms with Crippen LogP contribution >= 0.6 is 11.3 Å². The smallest absolute Gasteiger partial charge is 0.268 e. The summed E-state index contributed by atoms with van der Waals surface area (Å²) in [6.07, 6.45) is 3.39. The zero-order chi connectivity index (χ0) is 15.9. The normalized spacial score (nSPS) is 18.2. The predicted octanol–water partition coefficient (Wildman–Crippen LogP) is 2.74. The van der Waals surface area contributed by atoms with E-state index in [9.17, 15) is 18.7 Å². The van der Waals surface area contributed by atoms with Crippen molar-refractivity contribution in [2.75, 3.05) is 0 Å². The van der Waals surface area contributed by atoms with Gasteiger partial charge in [0.2, 0.25) is 0 Å². The van der Waals surface area contributed by atoms with Crippen molar-refractivity contribution >= 4 is 21.6 Å². The number of nitrogens with zero attached hydrogens (tertiary/aromatic N) is 2. The van der Waals surface area contributed by atoms with Crippen LogP contribution in [0.15, 0.2) is 11.1 Å². The van der Waals surface area contributed by atoms with Gasteiger partial charge in [-0.1, -0.05) is 6.42 Å². The lowest BCUT2D eigenvalue weighted by atomic mass is 10.1. The largest absolute Gasteiger partial charge is 0.382 e. The van der Waals surface area contributed by atoms with Crippen LogP contribution in [-0.2, 0) is 19.4 Å². The van der Waals surface area contributed by atoms with Gasteiger partial charge in [-0.15, -0.1) is 11.3 Å². The maximum absolute atomic E-state index is 12.8. The van der Waals surface area contributed by atoms with E-state index in [-0.39, 0.29) is 5.56 Å². The van der Waals surface area contributed by atoms with Gasteiger partial charge in [0.15, 0.2) is 0 Å². The second-order valence-electron chi connectivity index (χ2n) is 6.08. The van der Waals surface area contributed by atoms with E-state index < -0.39 is 18.6 Å². The van der Waals surface area contributed by atoms with E-state index in [4.69, 9.17) is 0 Å². The topological polar surface area (TPSA) is 55.1 Å². The summed E-state index contributed by atoms with van der Waals surface area (Å²) in [7, 11) is 0. The van der Waals surface area contributed by atoms with Crippen LogP contribution in [0.1, 0.15) is 36.6 Å². The van der Waals surface area contributed by atoms with E-state index >= 15 is 0 Å². The second-order valence-corrected chi connectivity index (χ2v) is 7.16. The minimum absolute atomic E-state index is 0.328. The van der Waals surface area contributed by atoms with Gasteiger partial charge in [-0.3, -0.25) is 9.36 Å². The van der Waals surface area contributed by atoms with Crippen LogP contribution in [0, 0.1) is 0 Å². The molecule has 0 saturated heterocycles. The Bertz CT molecular complexity index is 752. The Hall–Kier alpha value is -1.34. The average molecular weight is 328 g/mol. The van der Waals surface area contributed by atoms with Gasteiger partial charge in [0.1, 0.15) is 10.4 Å². The number of alkyl halides is 2. The van der Waals surface area contributed by atoms with Gasteiger partial charge in [-0.25, -0.2) is 13.8 Å². The van der Waals surface area contributed by atoms with Crippen molar-refractivity contribution in [2.45, 2.75) is 57.6 Å². The van der Waals surface area contributed by atoms with E-state index in [1.807, 2.05) is 0 Å². The van der Waals surface area contributed by atoms with E-state index in [0.29, 0.717) is 10.2 Å². The number of thiophene rings is 1. The number of hydrogen-bond donors (Lipinski definition) is 1. The van der Waals surface area contributed by atoms with E-state index in [0.717, 1.165) is 49.2 Å². The molecule has 2 aromatic heterocycles. The second kappa shape index (κ2) is 5.70. The van der Waals surface area contributed by atoms with Crippen LogP contribution in [0.4, 0.5) is 8.78 Å². The summed E-state index contributed by atoms with van der Waals surface area (Å²) >= 11 is 1.53. The van der Waals surface area contributed by atoms with E-state index in [1.165, 1.54) is 22.5 Å². The maximum atomic E-state index is 12.8. The molecule has 4 nitrogen and oxygen atoms in total. The highest BCUT2D eigenvalue weighted by Crippen LogP contribution is 2.32. The molecule has 1 atom stereocenters. The van der Waals surface area contributed by atoms with E-state index in [1.54, 1.807) is 0 Å². The average Bonchev–Trinajstić information content (AvgIpc) is 2.64. The SMILES string of the molecule is CC(O)(Cn1cnc2sc3c(c2c1=O)CCCCC3)C(F)F. The highest BCUT2D eigenvalue weighted by Gasteiger charge is 2.33. The molecule has 0 aliphatic heterocycles. The number of aryl methyl sites for hydroxylation is 2. The molecule has 2 aromatic rings. The molecule has 1 aliphatic carbocycles. The third-order valence-corrected chi connectivity index (χ3v) is 5.35. The molecule has 0 saturated carbocycles. The zero-order valence-electron chi connectivity index (χ0n) is 12.3. The van der Waals surface area contributed by atoms with Gasteiger partial charge in [0.25, 0.3) is 12.0 Å². The summed E-state index contributed by atoms with van der Waals surface area (Å²) in [6.45, 7) is 0.569. The molecule has 0 amide bonds. The van der Waals surface area contributed by atoms with Gasteiger partial charge in [-0.2, -0.15) is 0 Å². The quantitative estimate of drug-likeness (QED) is 0.882. The minimum Gasteiger partial charge on any atom is -0.382 e. The van der Waals surface area contributed by atoms with Crippen LogP contribution in [0.2, 0.25) is 0 Å². The van der Waals surface area contributed by atoms with Crippen molar-refractivity contribution in [1.29, 1.82) is 0 Å². The molecule has 22 heavy (non-hydrogen) atoms. The summed E-state index contributed by atoms with van der Waals surface area (Å²) in [5, 5.41) is 10.3. The van der Waals surface area contributed by atoms with Crippen molar-refractivity contribution in [2.24, 2.45) is 0 Å². The number of rotatable bonds is 3. The highest BCUT2D eigenvalue weighted by atomic mass is 32.1. The summed E-state index contributed by atoms with van der Waals surface area (Å²) < 4.78 is 26.8. The van der Waals surface area contributed by atoms with Crippen molar-refractivity contribution in [3.05, 3.63) is 27.1 Å². The Morgan fingerprint density at radius 2 is 2.14 bits per heavy atom. The summed E-state index contributed by atoms with van der Waals surface area (Å²) in [5.74, 6) is 0. The fraction of sp³-hybridized carbons (Fsp3) is 0.600. The van der Waals surface area contributed by atoms with Crippen LogP contribution in [0.25, 0.3) is 10.2 Å². The standard InChI is InChI=1S/C15H18F2N2O2S/c1-15(21,14(16)17)7-19-8-18-12-11(13(19)20)9-5-3-2-4-6-10(9)22-12/h8,14,21H,2-7H2,1H3. The summed E-state index contributed by atoms with van der Waals surface area (Å²) in [6, 6.07) is 0. The van der Waals surface area contributed by atoms with Crippen LogP contribution < -0.4 is 5.56 Å². The lowest BCUT2D eigenvalue weighted by molar-refractivity contribution is -0.0932. The Labute approximate surface area is 130 Å². The van der Waals surface area contributed by atoms with Crippen LogP contribution in [-0.4, -0.2) is 26.7 Å². The Balaban J connectivity index is 2.09. The molecule has 3 rings (SSSR count). The summed E-state index contributed by atoms with van der Waals surface area (Å²) in [5.41, 5.74) is -1.54. The zero-order valence-corrected chi connectivity index (χ0v) is 13.1. The van der Waals surface area contributed by atoms with Crippen LogP contribution in [0.3, 0.4) is 0 Å². The maximum Gasteiger partial charge on any atom is 0.268 e. The Kier molecular flexibility index (Phi) is 4.03. The molecular formula is C15H18F2N2O2S. The molecule has 0 bridgehead atoms. The first-order valence-corrected chi connectivity index (χ1v) is 8.22. The molecule has 1 aliphatic rings. The third-order valence-electron chi connectivity index (χ3n) is 4.15. The summed E-state index contributed by atoms with van der Waals surface area (Å²) in [4.78, 5) is 18.8. The molecule has 120 valence electrons. The van der Waals surface area contributed by atoms with Gasteiger partial charge >= 0.3 is 0 Å². The van der Waals surface area contributed by atoms with Crippen LogP contribution in [0.5, 0.6) is 0 Å². The van der Waals surface area contributed by atoms with Gasteiger partial charge in [-0.05, 0) is 38.2 Å². The molecule has 0 fully saturated rings. The highest BCUT2D eigenvalue weighted by molar-refractivity contribution is 7.18. The molecule has 0 radical (unpaired) electrons. The number of halogens is 2. The first-order chi connectivity index (χ1) is 10.4. The number of aromatic nitrogens is 2. The molecule has 1 unspecified atom stereocenters. The predicted molar refractivity (Wildman–Crippen MR) is 81.8 cm³/mol. The third kappa shape index (κ3) is 2.67. The number of hydrogen-bond acceptors (Lipinski definition) is 4. The Morgan fingerprint density at radius 3 is 2.86 bits per heavy atom. The number of aliphatic hydroxyl groups is 1. The molecule has 7 heteroatoms. The first kappa shape index (κ1) is 15.6. The lowest BCUT2D eigenvalue weighted by Crippen LogP contribution is -2.41. The van der Waals surface area contributed by atoms with Crippen molar-refractivity contribution < 1.29 is 13.9 Å². The lowest BCUT2D eigenvalue weighted by Gasteiger charge is -2.22. The minimum atomic E-state index is -2.92. The molecule has 1 N–H and O–H groups in total. The van der Waals surface area contributed by atoms with Gasteiger partial charge < -0.3 is 5.11 Å². The van der Waals surface area contributed by atoms with Gasteiger partial charge in [0.05, 0.1) is 18.3 Å². The van der Waals surface area contributed by atoms with Gasteiger partial charge in [0, 0.05) is 4.88 Å². The Morgan fingerprint density at radius 1 is 1.41 bits per heavy atom. The van der Waals surface area contributed by atoms with Crippen molar-refractivity contribution in [3.63, 3.8) is 0 Å². The molecule has 0 aromatic carbocycles. The first-order valence-electron chi connectivity index (χ1n) is 7.40. The fourth-order valence-corrected chi connectivity index (χ4v) is 4.10. The number of fused-ring (bicyclic) bond motifs is 3. The molecular weight excluding hydrogens is 310 g/mol. The van der Waals surface area contributed by atoms with E-state index in [2.05, 4.69) is 4.98 Å². The fourth-order valence-electron chi connectivity index (χ4n) is 2.88. The van der Waals surface area contributed by atoms with Crippen molar-refractivity contribution in [1.82, 2.24) is 9.55 Å². The monoisotopic (exact) mass is 328 g/mol.